The molecule has 1 rings (SSSR count). The highest BCUT2D eigenvalue weighted by Gasteiger charge is 2.37. The van der Waals surface area contributed by atoms with Crippen LogP contribution >= 0.6 is 0 Å². The smallest absolute Gasteiger partial charge is 0.152 e. The van der Waals surface area contributed by atoms with Crippen LogP contribution in [-0.4, -0.2) is 25.5 Å². The summed E-state index contributed by atoms with van der Waals surface area (Å²) in [6, 6.07) is 0. The van der Waals surface area contributed by atoms with Gasteiger partial charge in [-0.2, -0.15) is 0 Å². The molecule has 0 aromatic rings. The summed E-state index contributed by atoms with van der Waals surface area (Å²) in [6.45, 7) is 2.09. The Bertz CT molecular complexity index is 248. The molecule has 72 valence electrons. The molecule has 1 atom stereocenters. The van der Waals surface area contributed by atoms with Crippen LogP contribution in [0.15, 0.2) is 0 Å². The van der Waals surface area contributed by atoms with Crippen LogP contribution in [0.3, 0.4) is 0 Å². The number of nitrogens with two attached hydrogens (primary N) is 1. The van der Waals surface area contributed by atoms with Crippen molar-refractivity contribution >= 4 is 9.84 Å². The second-order valence-corrected chi connectivity index (χ2v) is 5.99. The average molecular weight is 191 g/mol. The van der Waals surface area contributed by atoms with Gasteiger partial charge in [0, 0.05) is 5.54 Å². The molecule has 3 nitrogen and oxygen atoms in total. The van der Waals surface area contributed by atoms with E-state index in [4.69, 9.17) is 5.73 Å². The van der Waals surface area contributed by atoms with Crippen molar-refractivity contribution in [2.45, 2.75) is 38.1 Å². The summed E-state index contributed by atoms with van der Waals surface area (Å²) in [7, 11) is -2.81. The van der Waals surface area contributed by atoms with Gasteiger partial charge in [0.2, 0.25) is 0 Å². The minimum Gasteiger partial charge on any atom is -0.324 e. The Labute approximate surface area is 74.3 Å². The van der Waals surface area contributed by atoms with Gasteiger partial charge in [0.25, 0.3) is 0 Å². The first-order chi connectivity index (χ1) is 5.47. The maximum atomic E-state index is 11.1. The Morgan fingerprint density at radius 3 is 2.58 bits per heavy atom. The van der Waals surface area contributed by atoms with Crippen molar-refractivity contribution in [3.63, 3.8) is 0 Å². The summed E-state index contributed by atoms with van der Waals surface area (Å²) < 4.78 is 22.3. The molecule has 2 N–H and O–H groups in total. The van der Waals surface area contributed by atoms with E-state index in [-0.39, 0.29) is 11.5 Å². The van der Waals surface area contributed by atoms with Crippen molar-refractivity contribution in [1.82, 2.24) is 0 Å². The minimum atomic E-state index is -2.81. The molecule has 0 spiro atoms. The molecule has 0 aromatic carbocycles. The summed E-state index contributed by atoms with van der Waals surface area (Å²) in [4.78, 5) is 0. The molecule has 1 fully saturated rings. The standard InChI is InChI=1S/C8H17NO2S/c1-2-3-4-8(9)5-6-12(10,11)7-8/h2-7,9H2,1H3. The maximum absolute atomic E-state index is 11.1. The van der Waals surface area contributed by atoms with Gasteiger partial charge < -0.3 is 5.73 Å². The Kier molecular flexibility index (Phi) is 2.78. The number of hydrogen-bond donors (Lipinski definition) is 1. The van der Waals surface area contributed by atoms with E-state index in [0.717, 1.165) is 19.3 Å². The first-order valence-electron chi connectivity index (χ1n) is 4.47. The van der Waals surface area contributed by atoms with E-state index in [1.807, 2.05) is 0 Å². The Hall–Kier alpha value is -0.0900. The molecule has 0 amide bonds. The molecule has 4 heteroatoms. The van der Waals surface area contributed by atoms with Gasteiger partial charge in [0.05, 0.1) is 11.5 Å². The van der Waals surface area contributed by atoms with Crippen LogP contribution in [0.1, 0.15) is 32.6 Å². The Morgan fingerprint density at radius 2 is 2.17 bits per heavy atom. The third-order valence-corrected chi connectivity index (χ3v) is 4.29. The second kappa shape index (κ2) is 3.34. The molecule has 0 bridgehead atoms. The lowest BCUT2D eigenvalue weighted by molar-refractivity contribution is 0.425. The van der Waals surface area contributed by atoms with Crippen molar-refractivity contribution in [2.75, 3.05) is 11.5 Å². The van der Waals surface area contributed by atoms with Gasteiger partial charge in [-0.1, -0.05) is 19.8 Å². The zero-order valence-corrected chi connectivity index (χ0v) is 8.36. The monoisotopic (exact) mass is 191 g/mol. The lowest BCUT2D eigenvalue weighted by atomic mass is 9.94. The summed E-state index contributed by atoms with van der Waals surface area (Å²) in [5.74, 6) is 0.479. The van der Waals surface area contributed by atoms with Gasteiger partial charge in [-0.25, -0.2) is 8.42 Å². The van der Waals surface area contributed by atoms with E-state index in [2.05, 4.69) is 6.92 Å². The van der Waals surface area contributed by atoms with Gasteiger partial charge in [0.15, 0.2) is 9.84 Å². The molecular weight excluding hydrogens is 174 g/mol. The van der Waals surface area contributed by atoms with Gasteiger partial charge in [-0.05, 0) is 12.8 Å². The fourth-order valence-electron chi connectivity index (χ4n) is 1.67. The fraction of sp³-hybridized carbons (Fsp3) is 1.00. The summed E-state index contributed by atoms with van der Waals surface area (Å²) in [5.41, 5.74) is 5.53. The number of hydrogen-bond acceptors (Lipinski definition) is 3. The third-order valence-electron chi connectivity index (χ3n) is 2.45. The first kappa shape index (κ1) is 9.99. The molecule has 0 aliphatic carbocycles. The van der Waals surface area contributed by atoms with Crippen LogP contribution in [0.25, 0.3) is 0 Å². The number of rotatable bonds is 3. The predicted octanol–water partition coefficient (Wildman–Crippen LogP) is 0.693. The number of sulfone groups is 1. The van der Waals surface area contributed by atoms with Crippen molar-refractivity contribution in [3.8, 4) is 0 Å². The summed E-state index contributed by atoms with van der Waals surface area (Å²) in [6.07, 6.45) is 3.61. The molecular formula is C8H17NO2S. The normalized spacial score (nSPS) is 33.8. The lowest BCUT2D eigenvalue weighted by Gasteiger charge is -2.21. The fourth-order valence-corrected chi connectivity index (χ4v) is 3.69. The predicted molar refractivity (Wildman–Crippen MR) is 49.7 cm³/mol. The van der Waals surface area contributed by atoms with Crippen molar-refractivity contribution in [2.24, 2.45) is 5.73 Å². The van der Waals surface area contributed by atoms with E-state index in [1.165, 1.54) is 0 Å². The van der Waals surface area contributed by atoms with Crippen molar-refractivity contribution < 1.29 is 8.42 Å². The topological polar surface area (TPSA) is 60.2 Å². The highest BCUT2D eigenvalue weighted by atomic mass is 32.2. The zero-order chi connectivity index (χ0) is 9.24. The molecule has 0 radical (unpaired) electrons. The molecule has 1 aliphatic heterocycles. The molecule has 1 heterocycles. The van der Waals surface area contributed by atoms with E-state index in [1.54, 1.807) is 0 Å². The van der Waals surface area contributed by atoms with Crippen LogP contribution < -0.4 is 5.73 Å². The molecule has 1 aliphatic rings. The van der Waals surface area contributed by atoms with Crippen LogP contribution in [0.5, 0.6) is 0 Å². The van der Waals surface area contributed by atoms with Gasteiger partial charge in [-0.15, -0.1) is 0 Å². The highest BCUT2D eigenvalue weighted by Crippen LogP contribution is 2.25. The minimum absolute atomic E-state index is 0.194. The van der Waals surface area contributed by atoms with Crippen LogP contribution in [0.4, 0.5) is 0 Å². The second-order valence-electron chi connectivity index (χ2n) is 3.81. The lowest BCUT2D eigenvalue weighted by Crippen LogP contribution is -2.40. The Balaban J connectivity index is 2.53. The van der Waals surface area contributed by atoms with Crippen molar-refractivity contribution in [1.29, 1.82) is 0 Å². The average Bonchev–Trinajstić information content (AvgIpc) is 2.23. The summed E-state index contributed by atoms with van der Waals surface area (Å²) >= 11 is 0. The largest absolute Gasteiger partial charge is 0.324 e. The van der Waals surface area contributed by atoms with E-state index in [9.17, 15) is 8.42 Å². The van der Waals surface area contributed by atoms with Gasteiger partial charge in [0.1, 0.15) is 0 Å². The first-order valence-corrected chi connectivity index (χ1v) is 6.29. The Morgan fingerprint density at radius 1 is 1.50 bits per heavy atom. The quantitative estimate of drug-likeness (QED) is 0.714. The molecule has 1 saturated heterocycles. The molecule has 0 saturated carbocycles. The molecule has 0 aromatic heterocycles. The van der Waals surface area contributed by atoms with Crippen LogP contribution in [0, 0.1) is 0 Å². The summed E-state index contributed by atoms with van der Waals surface area (Å²) in [5, 5.41) is 0. The SMILES string of the molecule is CCCCC1(N)CCS(=O)(=O)C1. The van der Waals surface area contributed by atoms with Crippen LogP contribution in [-0.2, 0) is 9.84 Å². The van der Waals surface area contributed by atoms with Crippen molar-refractivity contribution in [3.05, 3.63) is 0 Å². The van der Waals surface area contributed by atoms with Gasteiger partial charge >= 0.3 is 0 Å². The molecule has 1 unspecified atom stereocenters. The van der Waals surface area contributed by atoms with E-state index < -0.39 is 15.4 Å². The number of unbranched alkanes of at least 4 members (excludes halogenated alkanes) is 1. The van der Waals surface area contributed by atoms with E-state index in [0.29, 0.717) is 6.42 Å². The van der Waals surface area contributed by atoms with Crippen LogP contribution in [0.2, 0.25) is 0 Å². The molecule has 12 heavy (non-hydrogen) atoms. The van der Waals surface area contributed by atoms with Gasteiger partial charge in [-0.3, -0.25) is 0 Å². The third kappa shape index (κ3) is 2.45. The highest BCUT2D eigenvalue weighted by molar-refractivity contribution is 7.91. The van der Waals surface area contributed by atoms with E-state index >= 15 is 0 Å². The maximum Gasteiger partial charge on any atom is 0.152 e. The zero-order valence-electron chi connectivity index (χ0n) is 7.54.